The van der Waals surface area contributed by atoms with Gasteiger partial charge in [0.05, 0.1) is 0 Å². The molecule has 0 bridgehead atoms. The largest absolute Gasteiger partial charge is 0.479 e. The monoisotopic (exact) mass is 270 g/mol. The average molecular weight is 270 g/mol. The van der Waals surface area contributed by atoms with Gasteiger partial charge in [-0.3, -0.25) is 4.90 Å². The first-order valence-electron chi connectivity index (χ1n) is 7.38. The molecule has 1 atom stereocenters. The maximum Gasteiger partial charge on any atom is 0.336 e. The van der Waals surface area contributed by atoms with Gasteiger partial charge >= 0.3 is 5.97 Å². The lowest BCUT2D eigenvalue weighted by Crippen LogP contribution is -2.49. The molecule has 0 amide bonds. The van der Waals surface area contributed by atoms with Crippen molar-refractivity contribution in [2.75, 3.05) is 39.3 Å². The van der Waals surface area contributed by atoms with E-state index in [2.05, 4.69) is 9.80 Å². The molecule has 0 saturated carbocycles. The van der Waals surface area contributed by atoms with Crippen LogP contribution >= 0.6 is 0 Å². The van der Waals surface area contributed by atoms with Crippen molar-refractivity contribution < 1.29 is 15.0 Å². The third-order valence-electron chi connectivity index (χ3n) is 4.41. The highest BCUT2D eigenvalue weighted by Crippen LogP contribution is 2.21. The summed E-state index contributed by atoms with van der Waals surface area (Å²) in [6.07, 6.45) is 4.90. The summed E-state index contributed by atoms with van der Waals surface area (Å²) in [5.74, 6) is -0.393. The first kappa shape index (κ1) is 14.8. The van der Waals surface area contributed by atoms with Crippen molar-refractivity contribution in [1.82, 2.24) is 9.80 Å². The minimum absolute atomic E-state index is 0.235. The maximum absolute atomic E-state index is 10.9. The fourth-order valence-electron chi connectivity index (χ4n) is 3.16. The van der Waals surface area contributed by atoms with E-state index >= 15 is 0 Å². The number of hydrogen-bond donors (Lipinski definition) is 2. The van der Waals surface area contributed by atoms with Gasteiger partial charge in [-0.05, 0) is 64.7 Å². The van der Waals surface area contributed by atoms with Gasteiger partial charge < -0.3 is 15.1 Å². The highest BCUT2D eigenvalue weighted by Gasteiger charge is 2.33. The Hall–Kier alpha value is -0.650. The molecule has 0 aromatic rings. The Morgan fingerprint density at radius 2 is 1.74 bits per heavy atom. The van der Waals surface area contributed by atoms with Gasteiger partial charge in [0.1, 0.15) is 0 Å². The number of β-amino-alcohol motifs (C(OH)–C–C–N with tert-alkyl or cyclic N) is 1. The van der Waals surface area contributed by atoms with E-state index in [0.717, 1.165) is 31.8 Å². The molecule has 2 heterocycles. The molecule has 0 radical (unpaired) electrons. The van der Waals surface area contributed by atoms with Crippen molar-refractivity contribution in [2.24, 2.45) is 5.92 Å². The molecule has 19 heavy (non-hydrogen) atoms. The first-order chi connectivity index (χ1) is 8.97. The van der Waals surface area contributed by atoms with Crippen LogP contribution in [0.5, 0.6) is 0 Å². The molecule has 0 aromatic heterocycles. The van der Waals surface area contributed by atoms with Crippen molar-refractivity contribution >= 4 is 5.97 Å². The van der Waals surface area contributed by atoms with E-state index in [1.165, 1.54) is 39.4 Å². The number of aliphatic hydroxyl groups is 1. The van der Waals surface area contributed by atoms with Gasteiger partial charge in [-0.2, -0.15) is 0 Å². The summed E-state index contributed by atoms with van der Waals surface area (Å²) in [5, 5.41) is 18.7. The molecule has 0 spiro atoms. The zero-order valence-corrected chi connectivity index (χ0v) is 11.8. The van der Waals surface area contributed by atoms with E-state index in [1.54, 1.807) is 0 Å². The molecule has 110 valence electrons. The minimum atomic E-state index is -1.62. The Bertz CT molecular complexity index is 306. The van der Waals surface area contributed by atoms with Crippen molar-refractivity contribution in [3.05, 3.63) is 0 Å². The molecule has 2 saturated heterocycles. The van der Waals surface area contributed by atoms with Gasteiger partial charge in [-0.1, -0.05) is 0 Å². The van der Waals surface area contributed by atoms with E-state index < -0.39 is 11.6 Å². The quantitative estimate of drug-likeness (QED) is 0.767. The highest BCUT2D eigenvalue weighted by atomic mass is 16.4. The van der Waals surface area contributed by atoms with Gasteiger partial charge in [0.2, 0.25) is 0 Å². The minimum Gasteiger partial charge on any atom is -0.479 e. The fraction of sp³-hybridized carbons (Fsp3) is 0.929. The predicted octanol–water partition coefficient (Wildman–Crippen LogP) is 0.630. The fourth-order valence-corrected chi connectivity index (χ4v) is 3.16. The Kier molecular flexibility index (Phi) is 4.81. The number of piperidine rings is 1. The second-order valence-corrected chi connectivity index (χ2v) is 6.31. The highest BCUT2D eigenvalue weighted by molar-refractivity contribution is 5.76. The number of likely N-dealkylation sites (tertiary alicyclic amines) is 2. The lowest BCUT2D eigenvalue weighted by Gasteiger charge is -2.36. The number of nitrogens with zero attached hydrogens (tertiary/aromatic N) is 2. The summed E-state index contributed by atoms with van der Waals surface area (Å²) in [4.78, 5) is 15.5. The van der Waals surface area contributed by atoms with Crippen LogP contribution in [-0.4, -0.2) is 70.9 Å². The summed E-state index contributed by atoms with van der Waals surface area (Å²) in [7, 11) is 0. The maximum atomic E-state index is 10.9. The van der Waals surface area contributed by atoms with E-state index in [1.807, 2.05) is 0 Å². The lowest BCUT2D eigenvalue weighted by atomic mass is 9.95. The van der Waals surface area contributed by atoms with Gasteiger partial charge in [0.25, 0.3) is 0 Å². The summed E-state index contributed by atoms with van der Waals surface area (Å²) in [5.41, 5.74) is -1.62. The molecule has 2 fully saturated rings. The van der Waals surface area contributed by atoms with Crippen molar-refractivity contribution in [2.45, 2.75) is 38.2 Å². The van der Waals surface area contributed by atoms with Gasteiger partial charge in [0, 0.05) is 13.1 Å². The van der Waals surface area contributed by atoms with Gasteiger partial charge in [-0.15, -0.1) is 0 Å². The molecular formula is C14H26N2O3. The molecule has 0 aromatic carbocycles. The van der Waals surface area contributed by atoms with Crippen LogP contribution in [0.3, 0.4) is 0 Å². The van der Waals surface area contributed by atoms with Crippen LogP contribution in [0, 0.1) is 5.92 Å². The predicted molar refractivity (Wildman–Crippen MR) is 73.1 cm³/mol. The molecule has 5 heteroatoms. The normalized spacial score (nSPS) is 26.4. The van der Waals surface area contributed by atoms with Gasteiger partial charge in [-0.25, -0.2) is 4.79 Å². The average Bonchev–Trinajstić information content (AvgIpc) is 2.84. The van der Waals surface area contributed by atoms with E-state index in [4.69, 9.17) is 5.11 Å². The number of carboxylic acid groups (broad SMARTS) is 1. The van der Waals surface area contributed by atoms with E-state index in [9.17, 15) is 9.90 Å². The second-order valence-electron chi connectivity index (χ2n) is 6.31. The third-order valence-corrected chi connectivity index (χ3v) is 4.41. The number of hydrogen-bond acceptors (Lipinski definition) is 4. The van der Waals surface area contributed by atoms with Crippen LogP contribution in [0.4, 0.5) is 0 Å². The summed E-state index contributed by atoms with van der Waals surface area (Å²) >= 11 is 0. The number of aliphatic carboxylic acids is 1. The third kappa shape index (κ3) is 4.16. The van der Waals surface area contributed by atoms with Crippen LogP contribution in [0.1, 0.15) is 32.6 Å². The van der Waals surface area contributed by atoms with Crippen molar-refractivity contribution in [3.8, 4) is 0 Å². The summed E-state index contributed by atoms with van der Waals surface area (Å²) in [6.45, 7) is 7.11. The van der Waals surface area contributed by atoms with E-state index in [0.29, 0.717) is 0 Å². The number of carbonyl (C=O) groups is 1. The molecule has 2 aliphatic heterocycles. The van der Waals surface area contributed by atoms with Crippen LogP contribution in [-0.2, 0) is 4.79 Å². The second kappa shape index (κ2) is 6.20. The Labute approximate surface area is 115 Å². The Morgan fingerprint density at radius 3 is 2.26 bits per heavy atom. The molecule has 5 nitrogen and oxygen atoms in total. The summed E-state index contributed by atoms with van der Waals surface area (Å²) in [6, 6.07) is 0. The van der Waals surface area contributed by atoms with Crippen LogP contribution in [0.25, 0.3) is 0 Å². The smallest absolute Gasteiger partial charge is 0.336 e. The zero-order valence-electron chi connectivity index (χ0n) is 11.8. The summed E-state index contributed by atoms with van der Waals surface area (Å²) < 4.78 is 0. The topological polar surface area (TPSA) is 64.0 Å². The SMILES string of the molecule is CC(O)(CN1CCC(CN2CCCC2)CC1)C(=O)O. The molecule has 2 rings (SSSR count). The number of rotatable bonds is 5. The number of carboxylic acids is 1. The van der Waals surface area contributed by atoms with Crippen LogP contribution in [0.15, 0.2) is 0 Å². The first-order valence-corrected chi connectivity index (χ1v) is 7.38. The Balaban J connectivity index is 1.71. The molecule has 0 aliphatic carbocycles. The van der Waals surface area contributed by atoms with Crippen molar-refractivity contribution in [1.29, 1.82) is 0 Å². The van der Waals surface area contributed by atoms with Gasteiger partial charge in [0.15, 0.2) is 5.60 Å². The zero-order chi connectivity index (χ0) is 13.9. The molecule has 1 unspecified atom stereocenters. The molecular weight excluding hydrogens is 244 g/mol. The van der Waals surface area contributed by atoms with Crippen molar-refractivity contribution in [3.63, 3.8) is 0 Å². The standard InChI is InChI=1S/C14H26N2O3/c1-14(19,13(17)18)11-16-8-4-12(5-9-16)10-15-6-2-3-7-15/h12,19H,2-11H2,1H3,(H,17,18). The lowest BCUT2D eigenvalue weighted by molar-refractivity contribution is -0.158. The van der Waals surface area contributed by atoms with Crippen LogP contribution in [0.2, 0.25) is 0 Å². The molecule has 2 aliphatic rings. The van der Waals surface area contributed by atoms with Crippen LogP contribution < -0.4 is 0 Å². The van der Waals surface area contributed by atoms with E-state index in [-0.39, 0.29) is 6.54 Å². The molecule has 2 N–H and O–H groups in total. The Morgan fingerprint density at radius 1 is 1.16 bits per heavy atom.